The predicted octanol–water partition coefficient (Wildman–Crippen LogP) is 5.05. The van der Waals surface area contributed by atoms with Crippen molar-refractivity contribution in [2.75, 3.05) is 0 Å². The van der Waals surface area contributed by atoms with Crippen LogP contribution in [-0.2, 0) is 17.5 Å². The molecular weight excluding hydrogens is 415 g/mol. The normalized spacial score (nSPS) is 11.3. The topological polar surface area (TPSA) is 65.0 Å². The Labute approximate surface area is 166 Å². The van der Waals surface area contributed by atoms with Crippen LogP contribution in [0.5, 0.6) is 0 Å². The monoisotopic (exact) mass is 425 g/mol. The maximum absolute atomic E-state index is 13.4. The van der Waals surface area contributed by atoms with Crippen LogP contribution in [0.3, 0.4) is 0 Å². The molecule has 0 radical (unpaired) electrons. The summed E-state index contributed by atoms with van der Waals surface area (Å²) in [6.45, 7) is -0.211. The molecule has 3 aromatic rings. The third-order valence-electron chi connectivity index (χ3n) is 3.37. The zero-order valence-electron chi connectivity index (χ0n) is 14.0. The van der Waals surface area contributed by atoms with Crippen LogP contribution in [0.1, 0.15) is 21.6 Å². The second-order valence-electron chi connectivity index (χ2n) is 5.39. The number of rotatable bonds is 5. The molecule has 2 aromatic heterocycles. The van der Waals surface area contributed by atoms with Gasteiger partial charge in [0.1, 0.15) is 17.2 Å². The molecule has 5 nitrogen and oxygen atoms in total. The molecule has 0 saturated heterocycles. The van der Waals surface area contributed by atoms with E-state index in [9.17, 15) is 18.0 Å². The van der Waals surface area contributed by atoms with Crippen molar-refractivity contribution < 1.29 is 22.7 Å². The molecule has 0 fully saturated rings. The number of hydrogen-bond acceptors (Lipinski definition) is 6. The summed E-state index contributed by atoms with van der Waals surface area (Å²) in [7, 11) is 0. The summed E-state index contributed by atoms with van der Waals surface area (Å²) in [6, 6.07) is 11.3. The first-order valence-electron chi connectivity index (χ1n) is 7.77. The minimum Gasteiger partial charge on any atom is -0.457 e. The SMILES string of the molecule is O=C(OCc1ccc(Cl)cc1)c1cnc(Sc2ccccn2)nc1C(F)(F)F. The Balaban J connectivity index is 1.81. The number of aromatic nitrogens is 3. The fraction of sp³-hybridized carbons (Fsp3) is 0.111. The number of alkyl halides is 3. The van der Waals surface area contributed by atoms with Crippen molar-refractivity contribution in [3.8, 4) is 0 Å². The summed E-state index contributed by atoms with van der Waals surface area (Å²) in [6.07, 6.45) is -2.54. The Kier molecular flexibility index (Phi) is 6.15. The van der Waals surface area contributed by atoms with Crippen molar-refractivity contribution >= 4 is 29.3 Å². The van der Waals surface area contributed by atoms with Crippen molar-refractivity contribution in [1.29, 1.82) is 0 Å². The first kappa shape index (κ1) is 20.1. The van der Waals surface area contributed by atoms with E-state index >= 15 is 0 Å². The van der Waals surface area contributed by atoms with Gasteiger partial charge in [-0.05, 0) is 41.6 Å². The van der Waals surface area contributed by atoms with Gasteiger partial charge in [-0.15, -0.1) is 0 Å². The summed E-state index contributed by atoms with van der Waals surface area (Å²) in [4.78, 5) is 23.5. The lowest BCUT2D eigenvalue weighted by atomic mass is 10.2. The lowest BCUT2D eigenvalue weighted by molar-refractivity contribution is -0.142. The molecule has 0 aliphatic rings. The molecule has 0 amide bonds. The lowest BCUT2D eigenvalue weighted by Gasteiger charge is -2.12. The van der Waals surface area contributed by atoms with Gasteiger partial charge < -0.3 is 4.74 Å². The van der Waals surface area contributed by atoms with E-state index in [1.165, 1.54) is 6.20 Å². The fourth-order valence-corrected chi connectivity index (χ4v) is 2.90. The molecule has 0 spiro atoms. The molecule has 1 aromatic carbocycles. The summed E-state index contributed by atoms with van der Waals surface area (Å²) in [5.41, 5.74) is -1.54. The van der Waals surface area contributed by atoms with E-state index < -0.39 is 23.4 Å². The molecule has 2 heterocycles. The highest BCUT2D eigenvalue weighted by Crippen LogP contribution is 2.33. The molecule has 3 rings (SSSR count). The first-order valence-corrected chi connectivity index (χ1v) is 8.97. The van der Waals surface area contributed by atoms with Crippen LogP contribution in [0.25, 0.3) is 0 Å². The molecule has 0 atom stereocenters. The van der Waals surface area contributed by atoms with Crippen LogP contribution in [0.2, 0.25) is 5.02 Å². The number of esters is 1. The van der Waals surface area contributed by atoms with Crippen LogP contribution >= 0.6 is 23.4 Å². The van der Waals surface area contributed by atoms with Crippen LogP contribution < -0.4 is 0 Å². The minimum absolute atomic E-state index is 0.180. The van der Waals surface area contributed by atoms with Crippen molar-refractivity contribution in [3.05, 3.63) is 76.7 Å². The molecule has 10 heteroatoms. The highest BCUT2D eigenvalue weighted by Gasteiger charge is 2.38. The average Bonchev–Trinajstić information content (AvgIpc) is 2.67. The number of benzene rings is 1. The molecular formula is C18H11ClF3N3O2S. The third-order valence-corrected chi connectivity index (χ3v) is 4.45. The van der Waals surface area contributed by atoms with Crippen molar-refractivity contribution in [2.24, 2.45) is 0 Å². The molecule has 28 heavy (non-hydrogen) atoms. The van der Waals surface area contributed by atoms with Gasteiger partial charge in [-0.2, -0.15) is 13.2 Å². The van der Waals surface area contributed by atoms with E-state index in [0.29, 0.717) is 15.6 Å². The van der Waals surface area contributed by atoms with E-state index in [4.69, 9.17) is 16.3 Å². The van der Waals surface area contributed by atoms with E-state index in [2.05, 4.69) is 15.0 Å². The van der Waals surface area contributed by atoms with Gasteiger partial charge in [0.05, 0.1) is 0 Å². The van der Waals surface area contributed by atoms with Crippen LogP contribution in [-0.4, -0.2) is 20.9 Å². The molecule has 144 valence electrons. The molecule has 0 aliphatic heterocycles. The third kappa shape index (κ3) is 5.20. The van der Waals surface area contributed by atoms with Gasteiger partial charge in [0.15, 0.2) is 10.9 Å². The Morgan fingerprint density at radius 2 is 1.86 bits per heavy atom. The summed E-state index contributed by atoms with van der Waals surface area (Å²) >= 11 is 6.61. The van der Waals surface area contributed by atoms with Gasteiger partial charge >= 0.3 is 12.1 Å². The molecule has 0 bridgehead atoms. The standard InChI is InChI=1S/C18H11ClF3N3O2S/c19-12-6-4-11(5-7-12)10-27-16(26)13-9-24-17(25-15(13)18(20,21)22)28-14-3-1-2-8-23-14/h1-9H,10H2. The van der Waals surface area contributed by atoms with Crippen molar-refractivity contribution in [2.45, 2.75) is 23.0 Å². The molecule has 0 aliphatic carbocycles. The maximum Gasteiger partial charge on any atom is 0.434 e. The number of pyridine rings is 1. The van der Waals surface area contributed by atoms with E-state index in [1.54, 1.807) is 42.5 Å². The molecule has 0 saturated carbocycles. The highest BCUT2D eigenvalue weighted by molar-refractivity contribution is 7.99. The number of hydrogen-bond donors (Lipinski definition) is 0. The largest absolute Gasteiger partial charge is 0.457 e. The Hall–Kier alpha value is -2.65. The Bertz CT molecular complexity index is 970. The number of carbonyl (C=O) groups excluding carboxylic acids is 1. The lowest BCUT2D eigenvalue weighted by Crippen LogP contribution is -2.18. The van der Waals surface area contributed by atoms with Gasteiger partial charge in [0, 0.05) is 17.4 Å². The minimum atomic E-state index is -4.85. The van der Waals surface area contributed by atoms with Gasteiger partial charge in [-0.1, -0.05) is 29.8 Å². The maximum atomic E-state index is 13.4. The van der Waals surface area contributed by atoms with Gasteiger partial charge in [0.25, 0.3) is 0 Å². The molecule has 0 N–H and O–H groups in total. The quantitative estimate of drug-likeness (QED) is 0.421. The van der Waals surface area contributed by atoms with Crippen LogP contribution in [0.4, 0.5) is 13.2 Å². The fourth-order valence-electron chi connectivity index (χ4n) is 2.09. The van der Waals surface area contributed by atoms with Crippen molar-refractivity contribution in [3.63, 3.8) is 0 Å². The van der Waals surface area contributed by atoms with Gasteiger partial charge in [-0.3, -0.25) is 0 Å². The second-order valence-corrected chi connectivity index (χ2v) is 6.81. The number of ether oxygens (including phenoxy) is 1. The van der Waals surface area contributed by atoms with Gasteiger partial charge in [0.2, 0.25) is 0 Å². The summed E-state index contributed by atoms with van der Waals surface area (Å²) in [5.74, 6) is -1.17. The highest BCUT2D eigenvalue weighted by atomic mass is 35.5. The average molecular weight is 426 g/mol. The predicted molar refractivity (Wildman–Crippen MR) is 96.0 cm³/mol. The van der Waals surface area contributed by atoms with Crippen LogP contribution in [0, 0.1) is 0 Å². The van der Waals surface area contributed by atoms with Crippen LogP contribution in [0.15, 0.2) is 65.0 Å². The Morgan fingerprint density at radius 3 is 2.50 bits per heavy atom. The van der Waals surface area contributed by atoms with Gasteiger partial charge in [-0.25, -0.2) is 19.7 Å². The summed E-state index contributed by atoms with van der Waals surface area (Å²) < 4.78 is 45.2. The molecule has 0 unspecified atom stereocenters. The number of carbonyl (C=O) groups is 1. The van der Waals surface area contributed by atoms with E-state index in [0.717, 1.165) is 18.0 Å². The van der Waals surface area contributed by atoms with Crippen molar-refractivity contribution in [1.82, 2.24) is 15.0 Å². The zero-order valence-corrected chi connectivity index (χ0v) is 15.6. The number of nitrogens with zero attached hydrogens (tertiary/aromatic N) is 3. The smallest absolute Gasteiger partial charge is 0.434 e. The first-order chi connectivity index (χ1) is 13.3. The summed E-state index contributed by atoms with van der Waals surface area (Å²) in [5, 5.41) is 0.734. The van der Waals surface area contributed by atoms with E-state index in [1.807, 2.05) is 0 Å². The van der Waals surface area contributed by atoms with E-state index in [-0.39, 0.29) is 11.8 Å². The second kappa shape index (κ2) is 8.57. The zero-order chi connectivity index (χ0) is 20.1. The number of halogens is 4. The Morgan fingerprint density at radius 1 is 1.11 bits per heavy atom.